The minimum Gasteiger partial charge on any atom is -0.352 e. The molecule has 0 saturated carbocycles. The lowest BCUT2D eigenvalue weighted by molar-refractivity contribution is -0.119. The molecular formula is C27H28F3N3O. The zero-order chi connectivity index (χ0) is 24.4. The molecule has 4 N–H and O–H groups in total. The summed E-state index contributed by atoms with van der Waals surface area (Å²) in [6.45, 7) is 3.74. The lowest BCUT2D eigenvalue weighted by atomic mass is 9.98. The van der Waals surface area contributed by atoms with Gasteiger partial charge >= 0.3 is 0 Å². The van der Waals surface area contributed by atoms with Crippen molar-refractivity contribution in [2.75, 3.05) is 6.54 Å². The number of rotatable bonds is 8. The van der Waals surface area contributed by atoms with E-state index in [1.165, 1.54) is 36.8 Å². The summed E-state index contributed by atoms with van der Waals surface area (Å²) in [5.74, 6) is -1.97. The normalized spacial score (nSPS) is 16.0. The van der Waals surface area contributed by atoms with Gasteiger partial charge in [0.2, 0.25) is 5.91 Å². The lowest BCUT2D eigenvalue weighted by Gasteiger charge is -2.27. The summed E-state index contributed by atoms with van der Waals surface area (Å²) in [6, 6.07) is 12.9. The van der Waals surface area contributed by atoms with Crippen molar-refractivity contribution in [3.63, 3.8) is 0 Å². The number of aryl methyl sites for hydroxylation is 1. The Labute approximate surface area is 197 Å². The molecule has 34 heavy (non-hydrogen) atoms. The quantitative estimate of drug-likeness (QED) is 0.460. The molecule has 1 unspecified atom stereocenters. The fraction of sp³-hybridized carbons (Fsp3) is 0.296. The molecule has 0 bridgehead atoms. The molecular weight excluding hydrogens is 439 g/mol. The third kappa shape index (κ3) is 5.16. The van der Waals surface area contributed by atoms with Crippen molar-refractivity contribution in [1.82, 2.24) is 10.6 Å². The first-order valence-corrected chi connectivity index (χ1v) is 11.4. The van der Waals surface area contributed by atoms with Gasteiger partial charge in [-0.3, -0.25) is 4.79 Å². The number of nitrogens with two attached hydrogens (primary N) is 1. The molecule has 178 valence electrons. The second kappa shape index (κ2) is 9.99. The van der Waals surface area contributed by atoms with Gasteiger partial charge in [0.1, 0.15) is 17.5 Å². The molecule has 1 aliphatic carbocycles. The van der Waals surface area contributed by atoms with E-state index in [9.17, 15) is 18.0 Å². The van der Waals surface area contributed by atoms with Crippen LogP contribution in [0.25, 0.3) is 11.1 Å². The van der Waals surface area contributed by atoms with Crippen molar-refractivity contribution < 1.29 is 18.0 Å². The first-order valence-electron chi connectivity index (χ1n) is 11.4. The third-order valence-electron chi connectivity index (χ3n) is 6.29. The molecule has 4 rings (SSSR count). The SMILES string of the molecule is CCc1ccc2c(c1)C(NC[C@H](N)[C@H](Cc1cc(F)cc(F)c1)NC(C)=O)c1cc(F)ccc1-2. The number of carbonyl (C=O) groups is 1. The molecule has 0 fully saturated rings. The molecule has 0 aliphatic heterocycles. The van der Waals surface area contributed by atoms with Gasteiger partial charge in [-0.2, -0.15) is 0 Å². The number of hydrogen-bond donors (Lipinski definition) is 3. The summed E-state index contributed by atoms with van der Waals surface area (Å²) in [6.07, 6.45) is 1.04. The van der Waals surface area contributed by atoms with E-state index in [-0.39, 0.29) is 24.2 Å². The maximum Gasteiger partial charge on any atom is 0.217 e. The summed E-state index contributed by atoms with van der Waals surface area (Å²) >= 11 is 0. The molecule has 3 aromatic carbocycles. The Balaban J connectivity index is 1.57. The first-order chi connectivity index (χ1) is 16.2. The molecule has 1 amide bonds. The number of halogens is 3. The smallest absolute Gasteiger partial charge is 0.217 e. The molecule has 3 atom stereocenters. The van der Waals surface area contributed by atoms with E-state index in [1.54, 1.807) is 6.07 Å². The highest BCUT2D eigenvalue weighted by atomic mass is 19.1. The van der Waals surface area contributed by atoms with Crippen LogP contribution in [0.3, 0.4) is 0 Å². The van der Waals surface area contributed by atoms with E-state index in [4.69, 9.17) is 5.73 Å². The number of nitrogens with one attached hydrogen (secondary N) is 2. The van der Waals surface area contributed by atoms with Crippen molar-refractivity contribution >= 4 is 5.91 Å². The average Bonchev–Trinajstić information content (AvgIpc) is 3.07. The Morgan fingerprint density at radius 3 is 2.21 bits per heavy atom. The van der Waals surface area contributed by atoms with E-state index >= 15 is 0 Å². The van der Waals surface area contributed by atoms with E-state index in [0.717, 1.165) is 34.7 Å². The van der Waals surface area contributed by atoms with Crippen LogP contribution in [0.2, 0.25) is 0 Å². The van der Waals surface area contributed by atoms with Crippen LogP contribution >= 0.6 is 0 Å². The predicted molar refractivity (Wildman–Crippen MR) is 127 cm³/mol. The lowest BCUT2D eigenvalue weighted by Crippen LogP contribution is -2.53. The maximum absolute atomic E-state index is 14.1. The van der Waals surface area contributed by atoms with Crippen molar-refractivity contribution in [1.29, 1.82) is 0 Å². The number of fused-ring (bicyclic) bond motifs is 3. The van der Waals surface area contributed by atoms with Gasteiger partial charge in [-0.25, -0.2) is 13.2 Å². The summed E-state index contributed by atoms with van der Waals surface area (Å²) in [5.41, 5.74) is 11.9. The Hall–Kier alpha value is -3.16. The van der Waals surface area contributed by atoms with Crippen LogP contribution in [0, 0.1) is 17.5 Å². The minimum atomic E-state index is -0.684. The largest absolute Gasteiger partial charge is 0.352 e. The van der Waals surface area contributed by atoms with E-state index in [1.807, 2.05) is 0 Å². The van der Waals surface area contributed by atoms with Gasteiger partial charge in [0.15, 0.2) is 0 Å². The third-order valence-corrected chi connectivity index (χ3v) is 6.29. The standard InChI is InChI=1S/C27H28F3N3O/c1-3-16-4-6-21-22-7-5-18(28)13-24(22)27(23(21)10-16)32-14-25(31)26(33-15(2)34)11-17-8-19(29)12-20(30)9-17/h4-10,12-13,25-27,32H,3,11,14,31H2,1-2H3,(H,33,34)/t25-,26-,27?/m0/s1. The van der Waals surface area contributed by atoms with Crippen LogP contribution in [0.1, 0.15) is 42.1 Å². The summed E-state index contributed by atoms with van der Waals surface area (Å²) in [4.78, 5) is 11.8. The van der Waals surface area contributed by atoms with Gasteiger partial charge in [-0.05, 0) is 70.5 Å². The number of benzene rings is 3. The van der Waals surface area contributed by atoms with Crippen LogP contribution in [-0.4, -0.2) is 24.5 Å². The van der Waals surface area contributed by atoms with Crippen molar-refractivity contribution in [3.05, 3.63) is 94.3 Å². The topological polar surface area (TPSA) is 67.2 Å². The molecule has 0 radical (unpaired) electrons. The fourth-order valence-electron chi connectivity index (χ4n) is 4.67. The van der Waals surface area contributed by atoms with Gasteiger partial charge in [0.05, 0.1) is 6.04 Å². The first kappa shape index (κ1) is 24.0. The molecule has 0 spiro atoms. The molecule has 3 aromatic rings. The monoisotopic (exact) mass is 467 g/mol. The molecule has 0 saturated heterocycles. The number of hydrogen-bond acceptors (Lipinski definition) is 3. The van der Waals surface area contributed by atoms with Crippen LogP contribution < -0.4 is 16.4 Å². The highest BCUT2D eigenvalue weighted by Crippen LogP contribution is 2.44. The van der Waals surface area contributed by atoms with Gasteiger partial charge in [-0.15, -0.1) is 0 Å². The molecule has 7 heteroatoms. The van der Waals surface area contributed by atoms with Gasteiger partial charge in [0, 0.05) is 31.6 Å². The van der Waals surface area contributed by atoms with Crippen LogP contribution in [0.5, 0.6) is 0 Å². The summed E-state index contributed by atoms with van der Waals surface area (Å²) in [5, 5.41) is 6.24. The van der Waals surface area contributed by atoms with Crippen LogP contribution in [-0.2, 0) is 17.6 Å². The molecule has 4 nitrogen and oxygen atoms in total. The van der Waals surface area contributed by atoms with Crippen molar-refractivity contribution in [2.45, 2.75) is 44.8 Å². The van der Waals surface area contributed by atoms with Crippen molar-refractivity contribution in [2.24, 2.45) is 5.73 Å². The average molecular weight is 468 g/mol. The van der Waals surface area contributed by atoms with Crippen LogP contribution in [0.15, 0.2) is 54.6 Å². The van der Waals surface area contributed by atoms with E-state index in [0.29, 0.717) is 12.1 Å². The Morgan fingerprint density at radius 1 is 0.912 bits per heavy atom. The Bertz CT molecular complexity index is 1190. The Morgan fingerprint density at radius 2 is 1.56 bits per heavy atom. The molecule has 1 aliphatic rings. The highest BCUT2D eigenvalue weighted by molar-refractivity contribution is 5.79. The van der Waals surface area contributed by atoms with E-state index in [2.05, 4.69) is 35.8 Å². The van der Waals surface area contributed by atoms with Gasteiger partial charge < -0.3 is 16.4 Å². The van der Waals surface area contributed by atoms with Crippen LogP contribution in [0.4, 0.5) is 13.2 Å². The number of carbonyl (C=O) groups excluding carboxylic acids is 1. The van der Waals surface area contributed by atoms with E-state index < -0.39 is 23.7 Å². The second-order valence-corrected chi connectivity index (χ2v) is 8.80. The Kier molecular flexibility index (Phi) is 7.05. The highest BCUT2D eigenvalue weighted by Gasteiger charge is 2.30. The zero-order valence-corrected chi connectivity index (χ0v) is 19.2. The zero-order valence-electron chi connectivity index (χ0n) is 19.2. The summed E-state index contributed by atoms with van der Waals surface area (Å²) < 4.78 is 41.5. The van der Waals surface area contributed by atoms with Gasteiger partial charge in [-0.1, -0.05) is 31.2 Å². The van der Waals surface area contributed by atoms with Crippen molar-refractivity contribution in [3.8, 4) is 11.1 Å². The predicted octanol–water partition coefficient (Wildman–Crippen LogP) is 4.40. The maximum atomic E-state index is 14.1. The van der Waals surface area contributed by atoms with Gasteiger partial charge in [0.25, 0.3) is 0 Å². The molecule has 0 aromatic heterocycles. The second-order valence-electron chi connectivity index (χ2n) is 8.80. The minimum absolute atomic E-state index is 0.170. The summed E-state index contributed by atoms with van der Waals surface area (Å²) in [7, 11) is 0. The fourth-order valence-corrected chi connectivity index (χ4v) is 4.67. The molecule has 0 heterocycles. The number of amides is 1.